The Balaban J connectivity index is 1.34. The van der Waals surface area contributed by atoms with Crippen LogP contribution in [0, 0.1) is 0 Å². The van der Waals surface area contributed by atoms with Crippen LogP contribution in [-0.2, 0) is 4.74 Å². The number of nitrogens with one attached hydrogen (secondary N) is 1. The number of anilines is 1. The zero-order valence-electron chi connectivity index (χ0n) is 16.7. The standard InChI is InChI=1S/C25H17NO6/c27-23-12-20(24(28)29)19-10-9-14(11-22(19)32-23)26-25(30)31-13-21-17-7-3-1-5-15(17)16-6-2-4-8-18(16)21/h1-12,21H,13H2,(H,26,30)(H,28,29). The van der Waals surface area contributed by atoms with Crippen LogP contribution >= 0.6 is 0 Å². The highest BCUT2D eigenvalue weighted by molar-refractivity contribution is 6.02. The number of benzene rings is 3. The summed E-state index contributed by atoms with van der Waals surface area (Å²) in [4.78, 5) is 35.4. The molecule has 1 heterocycles. The second kappa shape index (κ2) is 7.70. The van der Waals surface area contributed by atoms with Crippen molar-refractivity contribution in [3.8, 4) is 11.1 Å². The van der Waals surface area contributed by atoms with Gasteiger partial charge in [0.15, 0.2) is 0 Å². The second-order valence-corrected chi connectivity index (χ2v) is 7.45. The molecule has 7 heteroatoms. The third-order valence-corrected chi connectivity index (χ3v) is 5.57. The lowest BCUT2D eigenvalue weighted by Crippen LogP contribution is -2.18. The summed E-state index contributed by atoms with van der Waals surface area (Å²) in [7, 11) is 0. The molecule has 0 fully saturated rings. The predicted octanol–water partition coefficient (Wildman–Crippen LogP) is 4.85. The van der Waals surface area contributed by atoms with Crippen molar-refractivity contribution in [2.45, 2.75) is 5.92 Å². The minimum Gasteiger partial charge on any atom is -0.478 e. The molecule has 1 aliphatic rings. The molecule has 1 aromatic heterocycles. The Morgan fingerprint density at radius 3 is 2.25 bits per heavy atom. The largest absolute Gasteiger partial charge is 0.478 e. The molecule has 0 unspecified atom stereocenters. The molecular formula is C25H17NO6. The van der Waals surface area contributed by atoms with Gasteiger partial charge in [0.1, 0.15) is 12.2 Å². The van der Waals surface area contributed by atoms with Crippen molar-refractivity contribution in [1.82, 2.24) is 0 Å². The molecule has 4 aromatic rings. The molecule has 32 heavy (non-hydrogen) atoms. The first-order valence-corrected chi connectivity index (χ1v) is 9.94. The van der Waals surface area contributed by atoms with Crippen LogP contribution in [0.4, 0.5) is 10.5 Å². The molecule has 0 aliphatic heterocycles. The molecule has 7 nitrogen and oxygen atoms in total. The van der Waals surface area contributed by atoms with E-state index in [1.54, 1.807) is 0 Å². The van der Waals surface area contributed by atoms with Crippen LogP contribution in [0.25, 0.3) is 22.1 Å². The van der Waals surface area contributed by atoms with Crippen LogP contribution in [0.2, 0.25) is 0 Å². The molecule has 0 spiro atoms. The molecule has 0 saturated carbocycles. The van der Waals surface area contributed by atoms with Gasteiger partial charge in [-0.2, -0.15) is 0 Å². The Morgan fingerprint density at radius 2 is 1.59 bits per heavy atom. The van der Waals surface area contributed by atoms with Gasteiger partial charge >= 0.3 is 17.7 Å². The Kier molecular flexibility index (Phi) is 4.71. The number of carbonyl (C=O) groups excluding carboxylic acids is 1. The van der Waals surface area contributed by atoms with E-state index in [1.807, 2.05) is 36.4 Å². The van der Waals surface area contributed by atoms with Gasteiger partial charge in [-0.1, -0.05) is 48.5 Å². The van der Waals surface area contributed by atoms with Crippen molar-refractivity contribution < 1.29 is 23.8 Å². The van der Waals surface area contributed by atoms with Gasteiger partial charge in [0, 0.05) is 29.1 Å². The number of fused-ring (bicyclic) bond motifs is 4. The Morgan fingerprint density at radius 1 is 0.938 bits per heavy atom. The van der Waals surface area contributed by atoms with E-state index in [1.165, 1.54) is 18.2 Å². The molecular weight excluding hydrogens is 410 g/mol. The fraction of sp³-hybridized carbons (Fsp3) is 0.0800. The fourth-order valence-electron chi connectivity index (χ4n) is 4.17. The number of carboxylic acids is 1. The summed E-state index contributed by atoms with van der Waals surface area (Å²) in [6.07, 6.45) is -0.664. The first-order chi connectivity index (χ1) is 15.5. The summed E-state index contributed by atoms with van der Waals surface area (Å²) in [5, 5.41) is 12.1. The maximum absolute atomic E-state index is 12.5. The zero-order valence-corrected chi connectivity index (χ0v) is 16.7. The number of hydrogen-bond donors (Lipinski definition) is 2. The third kappa shape index (κ3) is 3.39. The minimum absolute atomic E-state index is 0.0614. The number of hydrogen-bond acceptors (Lipinski definition) is 5. The first kappa shape index (κ1) is 19.6. The maximum atomic E-state index is 12.5. The van der Waals surface area contributed by atoms with Crippen LogP contribution in [0.3, 0.4) is 0 Å². The lowest BCUT2D eigenvalue weighted by Gasteiger charge is -2.14. The van der Waals surface area contributed by atoms with Gasteiger partial charge in [-0.25, -0.2) is 14.4 Å². The SMILES string of the molecule is O=C(Nc1ccc2c(C(=O)O)cc(=O)oc2c1)OCC1c2ccccc2-c2ccccc21. The first-order valence-electron chi connectivity index (χ1n) is 9.94. The molecule has 0 radical (unpaired) electrons. The van der Waals surface area contributed by atoms with E-state index in [0.717, 1.165) is 28.3 Å². The molecule has 1 aliphatic carbocycles. The van der Waals surface area contributed by atoms with Gasteiger partial charge in [0.25, 0.3) is 0 Å². The summed E-state index contributed by atoms with van der Waals surface area (Å²) in [5.41, 5.74) is 3.92. The van der Waals surface area contributed by atoms with Crippen LogP contribution in [-0.4, -0.2) is 23.8 Å². The van der Waals surface area contributed by atoms with Gasteiger partial charge in [-0.05, 0) is 34.4 Å². The van der Waals surface area contributed by atoms with Crippen LogP contribution < -0.4 is 10.9 Å². The molecule has 2 N–H and O–H groups in total. The average molecular weight is 427 g/mol. The Bertz CT molecular complexity index is 1390. The van der Waals surface area contributed by atoms with Gasteiger partial charge in [0.2, 0.25) is 0 Å². The van der Waals surface area contributed by atoms with E-state index in [-0.39, 0.29) is 29.1 Å². The normalized spacial score (nSPS) is 12.2. The van der Waals surface area contributed by atoms with E-state index in [2.05, 4.69) is 17.4 Å². The quantitative estimate of drug-likeness (QED) is 0.451. The summed E-state index contributed by atoms with van der Waals surface area (Å²) in [6, 6.07) is 21.4. The molecule has 0 saturated heterocycles. The Hall–Kier alpha value is -4.39. The zero-order chi connectivity index (χ0) is 22.2. The van der Waals surface area contributed by atoms with Crippen LogP contribution in [0.15, 0.2) is 82.0 Å². The minimum atomic E-state index is -1.24. The van der Waals surface area contributed by atoms with Crippen molar-refractivity contribution in [3.63, 3.8) is 0 Å². The number of carbonyl (C=O) groups is 2. The summed E-state index contributed by atoms with van der Waals surface area (Å²) in [6.45, 7) is 0.158. The van der Waals surface area contributed by atoms with Gasteiger partial charge in [-0.15, -0.1) is 0 Å². The van der Waals surface area contributed by atoms with E-state index < -0.39 is 17.7 Å². The number of amides is 1. The van der Waals surface area contributed by atoms with E-state index in [0.29, 0.717) is 5.69 Å². The van der Waals surface area contributed by atoms with Crippen molar-refractivity contribution in [2.24, 2.45) is 0 Å². The molecule has 1 amide bonds. The van der Waals surface area contributed by atoms with E-state index in [9.17, 15) is 19.5 Å². The summed E-state index contributed by atoms with van der Waals surface area (Å²) >= 11 is 0. The monoisotopic (exact) mass is 427 g/mol. The maximum Gasteiger partial charge on any atom is 0.411 e. The van der Waals surface area contributed by atoms with Crippen molar-refractivity contribution >= 4 is 28.7 Å². The van der Waals surface area contributed by atoms with Crippen molar-refractivity contribution in [1.29, 1.82) is 0 Å². The highest BCUT2D eigenvalue weighted by Crippen LogP contribution is 2.44. The lowest BCUT2D eigenvalue weighted by molar-refractivity contribution is 0.0698. The molecule has 3 aromatic carbocycles. The van der Waals surface area contributed by atoms with Crippen LogP contribution in [0.1, 0.15) is 27.4 Å². The van der Waals surface area contributed by atoms with E-state index in [4.69, 9.17) is 9.15 Å². The fourth-order valence-corrected chi connectivity index (χ4v) is 4.17. The molecule has 158 valence electrons. The molecule has 5 rings (SSSR count). The summed E-state index contributed by atoms with van der Waals surface area (Å²) in [5.74, 6) is -1.30. The lowest BCUT2D eigenvalue weighted by atomic mass is 9.98. The third-order valence-electron chi connectivity index (χ3n) is 5.57. The Labute approximate surface area is 181 Å². The summed E-state index contributed by atoms with van der Waals surface area (Å²) < 4.78 is 10.6. The van der Waals surface area contributed by atoms with E-state index >= 15 is 0 Å². The number of ether oxygens (including phenoxy) is 1. The molecule has 0 bridgehead atoms. The smallest absolute Gasteiger partial charge is 0.411 e. The van der Waals surface area contributed by atoms with Gasteiger partial charge in [0.05, 0.1) is 5.56 Å². The van der Waals surface area contributed by atoms with Gasteiger partial charge in [-0.3, -0.25) is 5.32 Å². The number of carboxylic acid groups (broad SMARTS) is 1. The second-order valence-electron chi connectivity index (χ2n) is 7.45. The molecule has 0 atom stereocenters. The highest BCUT2D eigenvalue weighted by atomic mass is 16.5. The number of aromatic carboxylic acids is 1. The average Bonchev–Trinajstić information content (AvgIpc) is 3.10. The van der Waals surface area contributed by atoms with Crippen LogP contribution in [0.5, 0.6) is 0 Å². The predicted molar refractivity (Wildman–Crippen MR) is 118 cm³/mol. The van der Waals surface area contributed by atoms with Crippen molar-refractivity contribution in [2.75, 3.05) is 11.9 Å². The topological polar surface area (TPSA) is 106 Å². The van der Waals surface area contributed by atoms with Crippen molar-refractivity contribution in [3.05, 3.63) is 99.9 Å². The number of rotatable bonds is 4. The van der Waals surface area contributed by atoms with Gasteiger partial charge < -0.3 is 14.3 Å². The highest BCUT2D eigenvalue weighted by Gasteiger charge is 2.29.